The minimum atomic E-state index is -0.378. The minimum Gasteiger partial charge on any atom is -0.468 e. The van der Waals surface area contributed by atoms with E-state index in [1.807, 2.05) is 13.0 Å². The first-order chi connectivity index (χ1) is 7.72. The van der Waals surface area contributed by atoms with E-state index in [9.17, 15) is 4.79 Å². The molecule has 0 radical (unpaired) electrons. The molecule has 1 aromatic rings. The van der Waals surface area contributed by atoms with Crippen LogP contribution in [-0.4, -0.2) is 36.4 Å². The van der Waals surface area contributed by atoms with Crippen LogP contribution < -0.4 is 4.90 Å². The summed E-state index contributed by atoms with van der Waals surface area (Å²) in [4.78, 5) is 12.8. The molecule has 0 saturated carbocycles. The Morgan fingerprint density at radius 1 is 1.69 bits per heavy atom. The maximum atomic E-state index is 11.2. The lowest BCUT2D eigenvalue weighted by Crippen LogP contribution is -2.31. The maximum absolute atomic E-state index is 11.2. The Balaban J connectivity index is 2.95. The highest BCUT2D eigenvalue weighted by Crippen LogP contribution is 2.14. The summed E-state index contributed by atoms with van der Waals surface area (Å²) in [7, 11) is 1.32. The predicted octanol–water partition coefficient (Wildman–Crippen LogP) is 0.348. The molecule has 0 aliphatic heterocycles. The van der Waals surface area contributed by atoms with Crippen LogP contribution in [0, 0.1) is 11.3 Å². The number of nitriles is 1. The number of aromatic nitrogens is 2. The van der Waals surface area contributed by atoms with E-state index >= 15 is 0 Å². The molecule has 0 aliphatic carbocycles. The van der Waals surface area contributed by atoms with Crippen LogP contribution in [0.4, 0.5) is 5.82 Å². The van der Waals surface area contributed by atoms with Crippen molar-refractivity contribution >= 4 is 11.8 Å². The number of ether oxygens (including phenoxy) is 1. The first-order valence-electron chi connectivity index (χ1n) is 4.76. The molecule has 84 valence electrons. The summed E-state index contributed by atoms with van der Waals surface area (Å²) in [5.41, 5.74) is 0.390. The van der Waals surface area contributed by atoms with Crippen molar-refractivity contribution in [3.05, 3.63) is 17.8 Å². The van der Waals surface area contributed by atoms with Crippen molar-refractivity contribution < 1.29 is 9.53 Å². The van der Waals surface area contributed by atoms with Gasteiger partial charge in [-0.15, -0.1) is 5.10 Å². The molecule has 0 bridgehead atoms. The molecule has 0 saturated heterocycles. The number of rotatable bonds is 4. The van der Waals surface area contributed by atoms with E-state index < -0.39 is 0 Å². The Labute approximate surface area is 93.5 Å². The van der Waals surface area contributed by atoms with Crippen molar-refractivity contribution in [2.75, 3.05) is 25.1 Å². The quantitative estimate of drug-likeness (QED) is 0.681. The number of likely N-dealkylation sites (N-methyl/N-ethyl adjacent to an activating group) is 1. The highest BCUT2D eigenvalue weighted by molar-refractivity contribution is 5.75. The van der Waals surface area contributed by atoms with Crippen molar-refractivity contribution in [2.24, 2.45) is 0 Å². The smallest absolute Gasteiger partial charge is 0.325 e. The Bertz CT molecular complexity index is 414. The summed E-state index contributed by atoms with van der Waals surface area (Å²) in [5, 5.41) is 16.4. The molecule has 1 aromatic heterocycles. The minimum absolute atomic E-state index is 0.0559. The Morgan fingerprint density at radius 3 is 3.00 bits per heavy atom. The second-order valence-electron chi connectivity index (χ2n) is 2.97. The van der Waals surface area contributed by atoms with Crippen LogP contribution in [0.15, 0.2) is 12.3 Å². The van der Waals surface area contributed by atoms with Gasteiger partial charge in [0.15, 0.2) is 5.82 Å². The standard InChI is InChI=1S/C10H12N4O2/c1-3-14(7-9(15)16-2)10-8(6-11)4-5-12-13-10/h4-5H,3,7H2,1-2H3. The molecule has 0 unspecified atom stereocenters. The van der Waals surface area contributed by atoms with Crippen LogP contribution in [0.3, 0.4) is 0 Å². The van der Waals surface area contributed by atoms with Crippen molar-refractivity contribution in [3.8, 4) is 6.07 Å². The van der Waals surface area contributed by atoms with Crippen LogP contribution in [-0.2, 0) is 9.53 Å². The lowest BCUT2D eigenvalue weighted by molar-refractivity contribution is -0.138. The van der Waals surface area contributed by atoms with Gasteiger partial charge < -0.3 is 9.64 Å². The van der Waals surface area contributed by atoms with Gasteiger partial charge >= 0.3 is 5.97 Å². The zero-order valence-electron chi connectivity index (χ0n) is 9.17. The normalized spacial score (nSPS) is 9.31. The van der Waals surface area contributed by atoms with Gasteiger partial charge in [0.1, 0.15) is 12.6 Å². The molecule has 0 atom stereocenters. The molecule has 0 spiro atoms. The van der Waals surface area contributed by atoms with Gasteiger partial charge in [-0.1, -0.05) is 0 Å². The van der Waals surface area contributed by atoms with Gasteiger partial charge in [-0.25, -0.2) is 0 Å². The molecule has 16 heavy (non-hydrogen) atoms. The van der Waals surface area contributed by atoms with Gasteiger partial charge in [0, 0.05) is 6.54 Å². The molecule has 0 amide bonds. The van der Waals surface area contributed by atoms with Gasteiger partial charge in [0.2, 0.25) is 0 Å². The number of hydrogen-bond donors (Lipinski definition) is 0. The average molecular weight is 220 g/mol. The number of methoxy groups -OCH3 is 1. The second-order valence-corrected chi connectivity index (χ2v) is 2.97. The van der Waals surface area contributed by atoms with Crippen LogP contribution in [0.2, 0.25) is 0 Å². The van der Waals surface area contributed by atoms with Crippen molar-refractivity contribution in [3.63, 3.8) is 0 Å². The van der Waals surface area contributed by atoms with Crippen LogP contribution in [0.5, 0.6) is 0 Å². The monoisotopic (exact) mass is 220 g/mol. The summed E-state index contributed by atoms with van der Waals surface area (Å²) >= 11 is 0. The molecule has 6 heteroatoms. The molecular weight excluding hydrogens is 208 g/mol. The number of carbonyl (C=O) groups is 1. The highest BCUT2D eigenvalue weighted by atomic mass is 16.5. The van der Waals surface area contributed by atoms with E-state index in [1.54, 1.807) is 11.0 Å². The second kappa shape index (κ2) is 5.66. The summed E-state index contributed by atoms with van der Waals surface area (Å²) in [6.07, 6.45) is 1.44. The average Bonchev–Trinajstić information content (AvgIpc) is 2.35. The molecule has 0 fully saturated rings. The Hall–Kier alpha value is -2.16. The molecule has 0 aliphatic rings. The Morgan fingerprint density at radius 2 is 2.44 bits per heavy atom. The number of nitrogens with zero attached hydrogens (tertiary/aromatic N) is 4. The van der Waals surface area contributed by atoms with E-state index in [0.717, 1.165) is 0 Å². The summed E-state index contributed by atoms with van der Waals surface area (Å²) in [6.45, 7) is 2.46. The van der Waals surface area contributed by atoms with Crippen molar-refractivity contribution in [2.45, 2.75) is 6.92 Å². The van der Waals surface area contributed by atoms with E-state index in [-0.39, 0.29) is 12.5 Å². The third-order valence-electron chi connectivity index (χ3n) is 2.05. The number of anilines is 1. The fraction of sp³-hybridized carbons (Fsp3) is 0.400. The number of carbonyl (C=O) groups excluding carboxylic acids is 1. The van der Waals surface area contributed by atoms with E-state index in [2.05, 4.69) is 14.9 Å². The molecule has 0 aromatic carbocycles. The molecule has 0 N–H and O–H groups in total. The van der Waals surface area contributed by atoms with Crippen molar-refractivity contribution in [1.29, 1.82) is 5.26 Å². The lowest BCUT2D eigenvalue weighted by Gasteiger charge is -2.20. The van der Waals surface area contributed by atoms with Gasteiger partial charge in [-0.2, -0.15) is 10.4 Å². The van der Waals surface area contributed by atoms with Gasteiger partial charge in [0.25, 0.3) is 0 Å². The Kier molecular flexibility index (Phi) is 4.21. The zero-order valence-corrected chi connectivity index (χ0v) is 9.17. The third kappa shape index (κ3) is 2.67. The first-order valence-corrected chi connectivity index (χ1v) is 4.76. The van der Waals surface area contributed by atoms with Crippen LogP contribution in [0.1, 0.15) is 12.5 Å². The molecule has 1 rings (SSSR count). The van der Waals surface area contributed by atoms with E-state index in [0.29, 0.717) is 17.9 Å². The fourth-order valence-electron chi connectivity index (χ4n) is 1.20. The van der Waals surface area contributed by atoms with Crippen LogP contribution >= 0.6 is 0 Å². The van der Waals surface area contributed by atoms with Crippen molar-refractivity contribution in [1.82, 2.24) is 10.2 Å². The van der Waals surface area contributed by atoms with Gasteiger partial charge in [-0.05, 0) is 13.0 Å². The fourth-order valence-corrected chi connectivity index (χ4v) is 1.20. The molecular formula is C10H12N4O2. The van der Waals surface area contributed by atoms with E-state index in [1.165, 1.54) is 13.3 Å². The maximum Gasteiger partial charge on any atom is 0.325 e. The van der Waals surface area contributed by atoms with Gasteiger partial charge in [-0.3, -0.25) is 4.79 Å². The largest absolute Gasteiger partial charge is 0.468 e. The summed E-state index contributed by atoms with van der Waals surface area (Å²) in [5.74, 6) is 0.0225. The first kappa shape index (κ1) is 11.9. The van der Waals surface area contributed by atoms with Crippen LogP contribution in [0.25, 0.3) is 0 Å². The van der Waals surface area contributed by atoms with Gasteiger partial charge in [0.05, 0.1) is 18.9 Å². The molecule has 6 nitrogen and oxygen atoms in total. The SMILES string of the molecule is CCN(CC(=O)OC)c1nnccc1C#N. The third-order valence-corrected chi connectivity index (χ3v) is 2.05. The highest BCUT2D eigenvalue weighted by Gasteiger charge is 2.15. The number of hydrogen-bond acceptors (Lipinski definition) is 6. The van der Waals surface area contributed by atoms with E-state index in [4.69, 9.17) is 5.26 Å². The zero-order chi connectivity index (χ0) is 12.0. The lowest BCUT2D eigenvalue weighted by atomic mass is 10.3. The summed E-state index contributed by atoms with van der Waals surface area (Å²) < 4.78 is 4.57. The summed E-state index contributed by atoms with van der Waals surface area (Å²) in [6, 6.07) is 3.56. The topological polar surface area (TPSA) is 79.1 Å². The number of esters is 1. The molecule has 1 heterocycles. The predicted molar refractivity (Wildman–Crippen MR) is 56.7 cm³/mol.